The highest BCUT2D eigenvalue weighted by atomic mass is 35.5. The molecule has 6 nitrogen and oxygen atoms in total. The summed E-state index contributed by atoms with van der Waals surface area (Å²) in [6, 6.07) is 11.6. The average Bonchev–Trinajstić information content (AvgIpc) is 2.93. The van der Waals surface area contributed by atoms with Crippen molar-refractivity contribution in [3.63, 3.8) is 0 Å². The van der Waals surface area contributed by atoms with Gasteiger partial charge in [0.15, 0.2) is 4.80 Å². The molecule has 0 spiro atoms. The van der Waals surface area contributed by atoms with Crippen molar-refractivity contribution in [1.82, 2.24) is 4.57 Å². The molecule has 132 valence electrons. The van der Waals surface area contributed by atoms with Gasteiger partial charge in [0.2, 0.25) is 0 Å². The van der Waals surface area contributed by atoms with E-state index in [1.807, 2.05) is 4.57 Å². The Kier molecular flexibility index (Phi) is 5.29. The second kappa shape index (κ2) is 7.63. The van der Waals surface area contributed by atoms with Gasteiger partial charge in [-0.25, -0.2) is 0 Å². The van der Waals surface area contributed by atoms with Crippen LogP contribution in [0.1, 0.15) is 5.56 Å². The monoisotopic (exact) mass is 387 g/mol. The first-order valence-corrected chi connectivity index (χ1v) is 8.88. The molecule has 3 aromatic rings. The van der Waals surface area contributed by atoms with Crippen LogP contribution in [0, 0.1) is 10.1 Å². The SMILES string of the molecule is C=CCn1c(=NC(=O)Cc2ccc(Cl)cc2)sc2cc([N+](=O)[O-])ccc21. The summed E-state index contributed by atoms with van der Waals surface area (Å²) in [5, 5.41) is 11.6. The molecule has 0 aliphatic rings. The molecule has 0 radical (unpaired) electrons. The molecule has 0 aliphatic heterocycles. The van der Waals surface area contributed by atoms with Crippen molar-refractivity contribution in [2.24, 2.45) is 4.99 Å². The second-order valence-corrected chi connectivity index (χ2v) is 6.95. The minimum atomic E-state index is -0.445. The summed E-state index contributed by atoms with van der Waals surface area (Å²) < 4.78 is 2.51. The highest BCUT2D eigenvalue weighted by molar-refractivity contribution is 7.16. The third-order valence-electron chi connectivity index (χ3n) is 3.68. The number of rotatable bonds is 5. The van der Waals surface area contributed by atoms with E-state index in [9.17, 15) is 14.9 Å². The minimum Gasteiger partial charge on any atom is -0.312 e. The number of fused-ring (bicyclic) bond motifs is 1. The van der Waals surface area contributed by atoms with Crippen LogP contribution in [0.4, 0.5) is 5.69 Å². The molecule has 0 unspecified atom stereocenters. The van der Waals surface area contributed by atoms with Crippen LogP contribution in [0.3, 0.4) is 0 Å². The van der Waals surface area contributed by atoms with E-state index in [1.165, 1.54) is 23.5 Å². The van der Waals surface area contributed by atoms with Gasteiger partial charge in [0.25, 0.3) is 11.6 Å². The van der Waals surface area contributed by atoms with Crippen LogP contribution < -0.4 is 4.80 Å². The van der Waals surface area contributed by atoms with Crippen LogP contribution >= 0.6 is 22.9 Å². The summed E-state index contributed by atoms with van der Waals surface area (Å²) in [7, 11) is 0. The molecule has 0 N–H and O–H groups in total. The van der Waals surface area contributed by atoms with Crippen LogP contribution in [-0.4, -0.2) is 15.4 Å². The highest BCUT2D eigenvalue weighted by Crippen LogP contribution is 2.23. The van der Waals surface area contributed by atoms with E-state index in [4.69, 9.17) is 11.6 Å². The van der Waals surface area contributed by atoms with Crippen LogP contribution in [0.25, 0.3) is 10.2 Å². The van der Waals surface area contributed by atoms with Gasteiger partial charge in [0.05, 0.1) is 21.6 Å². The number of carbonyl (C=O) groups is 1. The molecule has 8 heteroatoms. The van der Waals surface area contributed by atoms with Gasteiger partial charge >= 0.3 is 0 Å². The summed E-state index contributed by atoms with van der Waals surface area (Å²) in [4.78, 5) is 27.5. The van der Waals surface area contributed by atoms with Crippen molar-refractivity contribution >= 4 is 44.7 Å². The zero-order chi connectivity index (χ0) is 18.7. The summed E-state index contributed by atoms with van der Waals surface area (Å²) in [5.74, 6) is -0.300. The molecule has 0 fully saturated rings. The minimum absolute atomic E-state index is 0.00328. The number of benzene rings is 2. The smallest absolute Gasteiger partial charge is 0.270 e. The Hall–Kier alpha value is -2.77. The summed E-state index contributed by atoms with van der Waals surface area (Å²) in [6.45, 7) is 4.17. The van der Waals surface area contributed by atoms with Crippen molar-refractivity contribution in [1.29, 1.82) is 0 Å². The van der Waals surface area contributed by atoms with Gasteiger partial charge < -0.3 is 4.57 Å². The van der Waals surface area contributed by atoms with E-state index < -0.39 is 4.92 Å². The lowest BCUT2D eigenvalue weighted by atomic mass is 10.1. The number of thiazole rings is 1. The average molecular weight is 388 g/mol. The lowest BCUT2D eigenvalue weighted by molar-refractivity contribution is -0.384. The lowest BCUT2D eigenvalue weighted by Crippen LogP contribution is -2.16. The van der Waals surface area contributed by atoms with E-state index >= 15 is 0 Å². The predicted molar refractivity (Wildman–Crippen MR) is 102 cm³/mol. The highest BCUT2D eigenvalue weighted by Gasteiger charge is 2.12. The third-order valence-corrected chi connectivity index (χ3v) is 4.97. The van der Waals surface area contributed by atoms with Crippen LogP contribution in [0.15, 0.2) is 60.1 Å². The number of non-ortho nitro benzene ring substituents is 1. The van der Waals surface area contributed by atoms with Crippen LogP contribution in [-0.2, 0) is 17.8 Å². The third kappa shape index (κ3) is 3.89. The normalized spacial score (nSPS) is 11.7. The Labute approximate surface area is 157 Å². The second-order valence-electron chi connectivity index (χ2n) is 5.50. The summed E-state index contributed by atoms with van der Waals surface area (Å²) >= 11 is 7.09. The number of amides is 1. The first kappa shape index (κ1) is 18.0. The molecule has 1 heterocycles. The fourth-order valence-corrected chi connectivity index (χ4v) is 3.71. The number of nitro groups is 1. The molecule has 0 aliphatic carbocycles. The van der Waals surface area contributed by atoms with E-state index in [-0.39, 0.29) is 18.0 Å². The zero-order valence-corrected chi connectivity index (χ0v) is 15.2. The Morgan fingerprint density at radius 3 is 2.69 bits per heavy atom. The number of halogens is 1. The molecule has 0 saturated carbocycles. The Morgan fingerprint density at radius 1 is 1.31 bits per heavy atom. The molecule has 0 bridgehead atoms. The quantitative estimate of drug-likeness (QED) is 0.375. The number of aromatic nitrogens is 1. The molecule has 0 atom stereocenters. The fraction of sp³-hybridized carbons (Fsp3) is 0.111. The number of nitrogens with zero attached hydrogens (tertiary/aromatic N) is 3. The number of nitro benzene ring substituents is 1. The summed E-state index contributed by atoms with van der Waals surface area (Å²) in [5.41, 5.74) is 1.59. The van der Waals surface area contributed by atoms with E-state index in [0.717, 1.165) is 11.1 Å². The summed E-state index contributed by atoms with van der Waals surface area (Å²) in [6.07, 6.45) is 1.84. The zero-order valence-electron chi connectivity index (χ0n) is 13.6. The molecule has 0 saturated heterocycles. The van der Waals surface area contributed by atoms with Gasteiger partial charge in [0.1, 0.15) is 0 Å². The topological polar surface area (TPSA) is 77.5 Å². The molecule has 1 aromatic heterocycles. The molecular weight excluding hydrogens is 374 g/mol. The van der Waals surface area contributed by atoms with Gasteiger partial charge in [-0.05, 0) is 23.8 Å². The fourth-order valence-electron chi connectivity index (χ4n) is 2.49. The van der Waals surface area contributed by atoms with Gasteiger partial charge in [-0.2, -0.15) is 4.99 Å². The van der Waals surface area contributed by atoms with Crippen molar-refractivity contribution in [3.8, 4) is 0 Å². The first-order chi connectivity index (χ1) is 12.5. The number of carbonyl (C=O) groups excluding carboxylic acids is 1. The van der Waals surface area contributed by atoms with E-state index in [0.29, 0.717) is 21.1 Å². The maximum absolute atomic E-state index is 12.3. The van der Waals surface area contributed by atoms with E-state index in [1.54, 1.807) is 36.4 Å². The van der Waals surface area contributed by atoms with E-state index in [2.05, 4.69) is 11.6 Å². The maximum Gasteiger partial charge on any atom is 0.270 e. The van der Waals surface area contributed by atoms with Crippen molar-refractivity contribution in [2.75, 3.05) is 0 Å². The van der Waals surface area contributed by atoms with Crippen LogP contribution in [0.2, 0.25) is 5.02 Å². The van der Waals surface area contributed by atoms with Crippen LogP contribution in [0.5, 0.6) is 0 Å². The van der Waals surface area contributed by atoms with Gasteiger partial charge in [-0.15, -0.1) is 6.58 Å². The Balaban J connectivity index is 2.01. The van der Waals surface area contributed by atoms with Gasteiger partial charge in [0, 0.05) is 23.7 Å². The lowest BCUT2D eigenvalue weighted by Gasteiger charge is -2.01. The molecule has 1 amide bonds. The number of hydrogen-bond donors (Lipinski definition) is 0. The largest absolute Gasteiger partial charge is 0.312 e. The number of allylic oxidation sites excluding steroid dienone is 1. The predicted octanol–water partition coefficient (Wildman–Crippen LogP) is 4.12. The number of hydrogen-bond acceptors (Lipinski definition) is 4. The standard InChI is InChI=1S/C18H14ClN3O3S/c1-2-9-21-15-8-7-14(22(24)25)11-16(15)26-18(21)20-17(23)10-12-3-5-13(19)6-4-12/h2-8,11H,1,9-10H2. The molecule has 26 heavy (non-hydrogen) atoms. The maximum atomic E-state index is 12.3. The van der Waals surface area contributed by atoms with Gasteiger partial charge in [-0.3, -0.25) is 14.9 Å². The first-order valence-electron chi connectivity index (χ1n) is 7.68. The molecular formula is C18H14ClN3O3S. The van der Waals surface area contributed by atoms with Crippen molar-refractivity contribution in [2.45, 2.75) is 13.0 Å². The van der Waals surface area contributed by atoms with Gasteiger partial charge in [-0.1, -0.05) is 41.1 Å². The molecule has 3 rings (SSSR count). The van der Waals surface area contributed by atoms with Crippen molar-refractivity contribution in [3.05, 3.63) is 80.6 Å². The molecule has 2 aromatic carbocycles. The van der Waals surface area contributed by atoms with Crippen molar-refractivity contribution < 1.29 is 9.72 Å². The Bertz CT molecular complexity index is 1070. The Morgan fingerprint density at radius 2 is 2.04 bits per heavy atom.